The Morgan fingerprint density at radius 1 is 1.12 bits per heavy atom. The predicted molar refractivity (Wildman–Crippen MR) is 100 cm³/mol. The van der Waals surface area contributed by atoms with E-state index in [1.54, 1.807) is 29.2 Å². The molecule has 0 aliphatic carbocycles. The number of amides is 1. The van der Waals surface area contributed by atoms with Gasteiger partial charge in [-0.3, -0.25) is 4.79 Å². The maximum atomic E-state index is 12.9. The van der Waals surface area contributed by atoms with Crippen LogP contribution in [0.5, 0.6) is 0 Å². The number of carbonyl (C=O) groups excluding carboxylic acids is 1. The molecule has 2 aromatic carbocycles. The van der Waals surface area contributed by atoms with E-state index < -0.39 is 0 Å². The first-order valence-corrected chi connectivity index (χ1v) is 8.18. The Bertz CT molecular complexity index is 950. The van der Waals surface area contributed by atoms with Gasteiger partial charge in [0.2, 0.25) is 0 Å². The molecule has 0 unspecified atom stereocenters. The largest absolute Gasteiger partial charge is 0.339 e. The van der Waals surface area contributed by atoms with E-state index in [1.165, 1.54) is 6.33 Å². The van der Waals surface area contributed by atoms with E-state index in [-0.39, 0.29) is 11.6 Å². The van der Waals surface area contributed by atoms with Crippen LogP contribution in [0.25, 0.3) is 0 Å². The molecule has 0 aliphatic heterocycles. The molecule has 0 aliphatic rings. The number of aromatic nitrogens is 2. The third kappa shape index (κ3) is 3.68. The van der Waals surface area contributed by atoms with E-state index in [2.05, 4.69) is 21.4 Å². The summed E-state index contributed by atoms with van der Waals surface area (Å²) in [6.07, 6.45) is 1.34. The minimum Gasteiger partial charge on any atom is -0.339 e. The zero-order valence-corrected chi connectivity index (χ0v) is 14.3. The summed E-state index contributed by atoms with van der Waals surface area (Å²) < 4.78 is 0. The molecule has 26 heavy (non-hydrogen) atoms. The third-order valence-electron chi connectivity index (χ3n) is 3.83. The highest BCUT2D eigenvalue weighted by atomic mass is 16.2. The standard InChI is InChI=1S/C20H17N5O/c1-2-25(16-9-4-3-5-10-16)20(26)18-12-19(23-14-22-18)24-17-11-7-6-8-15(17)13-21/h3-12,14H,2H2,1H3,(H,22,23,24). The Balaban J connectivity index is 1.87. The van der Waals surface area contributed by atoms with Gasteiger partial charge in [-0.25, -0.2) is 9.97 Å². The van der Waals surface area contributed by atoms with Crippen molar-refractivity contribution in [2.24, 2.45) is 0 Å². The Kier molecular flexibility index (Phi) is 5.20. The molecule has 0 saturated heterocycles. The van der Waals surface area contributed by atoms with Crippen LogP contribution in [0.15, 0.2) is 67.0 Å². The summed E-state index contributed by atoms with van der Waals surface area (Å²) >= 11 is 0. The second-order valence-corrected chi connectivity index (χ2v) is 5.46. The zero-order chi connectivity index (χ0) is 18.4. The smallest absolute Gasteiger partial charge is 0.277 e. The maximum absolute atomic E-state index is 12.9. The fourth-order valence-electron chi connectivity index (χ4n) is 2.56. The maximum Gasteiger partial charge on any atom is 0.277 e. The molecule has 1 amide bonds. The number of hydrogen-bond acceptors (Lipinski definition) is 5. The Hall–Kier alpha value is -3.72. The minimum absolute atomic E-state index is 0.210. The Morgan fingerprint density at radius 3 is 2.58 bits per heavy atom. The van der Waals surface area contributed by atoms with E-state index in [9.17, 15) is 10.1 Å². The number of nitrogens with zero attached hydrogens (tertiary/aromatic N) is 4. The van der Waals surface area contributed by atoms with E-state index >= 15 is 0 Å². The highest BCUT2D eigenvalue weighted by Gasteiger charge is 2.18. The zero-order valence-electron chi connectivity index (χ0n) is 14.3. The Labute approximate surface area is 151 Å². The summed E-state index contributed by atoms with van der Waals surface area (Å²) in [5.74, 6) is 0.243. The lowest BCUT2D eigenvalue weighted by molar-refractivity contribution is 0.0983. The monoisotopic (exact) mass is 343 g/mol. The molecular formula is C20H17N5O. The number of rotatable bonds is 5. The van der Waals surface area contributed by atoms with Crippen molar-refractivity contribution in [2.45, 2.75) is 6.92 Å². The molecule has 0 fully saturated rings. The number of hydrogen-bond donors (Lipinski definition) is 1. The van der Waals surface area contributed by atoms with Crippen LogP contribution in [0, 0.1) is 11.3 Å². The molecule has 1 N–H and O–H groups in total. The summed E-state index contributed by atoms with van der Waals surface area (Å²) in [5, 5.41) is 12.3. The van der Waals surface area contributed by atoms with Crippen LogP contribution in [0.3, 0.4) is 0 Å². The first kappa shape index (κ1) is 17.1. The number of carbonyl (C=O) groups is 1. The third-order valence-corrected chi connectivity index (χ3v) is 3.83. The minimum atomic E-state index is -0.210. The fraction of sp³-hybridized carbons (Fsp3) is 0.100. The van der Waals surface area contributed by atoms with Crippen LogP contribution >= 0.6 is 0 Å². The first-order valence-electron chi connectivity index (χ1n) is 8.18. The molecule has 3 rings (SSSR count). The number of para-hydroxylation sites is 2. The van der Waals surface area contributed by atoms with E-state index in [1.807, 2.05) is 43.3 Å². The highest BCUT2D eigenvalue weighted by molar-refractivity contribution is 6.05. The van der Waals surface area contributed by atoms with Crippen molar-refractivity contribution >= 4 is 23.1 Å². The lowest BCUT2D eigenvalue weighted by atomic mass is 10.2. The van der Waals surface area contributed by atoms with Gasteiger partial charge in [-0.15, -0.1) is 0 Å². The summed E-state index contributed by atoms with van der Waals surface area (Å²) in [6.45, 7) is 2.43. The average molecular weight is 343 g/mol. The van der Waals surface area contributed by atoms with Crippen molar-refractivity contribution in [1.29, 1.82) is 5.26 Å². The number of nitrogens with one attached hydrogen (secondary N) is 1. The summed E-state index contributed by atoms with van der Waals surface area (Å²) in [6, 6.07) is 20.2. The van der Waals surface area contributed by atoms with Crippen molar-refractivity contribution < 1.29 is 4.79 Å². The second kappa shape index (κ2) is 7.90. The lowest BCUT2D eigenvalue weighted by Gasteiger charge is -2.20. The van der Waals surface area contributed by atoms with Crippen LogP contribution in [0.2, 0.25) is 0 Å². The van der Waals surface area contributed by atoms with Gasteiger partial charge in [0.1, 0.15) is 23.9 Å². The predicted octanol–water partition coefficient (Wildman–Crippen LogP) is 3.76. The molecule has 128 valence electrons. The van der Waals surface area contributed by atoms with Gasteiger partial charge in [0, 0.05) is 18.3 Å². The second-order valence-electron chi connectivity index (χ2n) is 5.46. The molecular weight excluding hydrogens is 326 g/mol. The molecule has 0 bridgehead atoms. The van der Waals surface area contributed by atoms with Crippen molar-refractivity contribution in [3.63, 3.8) is 0 Å². The molecule has 0 saturated carbocycles. The molecule has 1 aromatic heterocycles. The lowest BCUT2D eigenvalue weighted by Crippen LogP contribution is -2.31. The van der Waals surface area contributed by atoms with E-state index in [0.717, 1.165) is 5.69 Å². The Morgan fingerprint density at radius 2 is 1.85 bits per heavy atom. The van der Waals surface area contributed by atoms with Gasteiger partial charge < -0.3 is 10.2 Å². The van der Waals surface area contributed by atoms with E-state index in [0.29, 0.717) is 23.6 Å². The molecule has 0 radical (unpaired) electrons. The van der Waals surface area contributed by atoms with Crippen molar-refractivity contribution in [2.75, 3.05) is 16.8 Å². The summed E-state index contributed by atoms with van der Waals surface area (Å²) in [4.78, 5) is 22.8. The van der Waals surface area contributed by atoms with Gasteiger partial charge >= 0.3 is 0 Å². The number of nitriles is 1. The summed E-state index contributed by atoms with van der Waals surface area (Å²) in [5.41, 5.74) is 2.21. The fourth-order valence-corrected chi connectivity index (χ4v) is 2.56. The van der Waals surface area contributed by atoms with Gasteiger partial charge in [-0.05, 0) is 31.2 Å². The van der Waals surface area contributed by atoms with Crippen LogP contribution in [-0.4, -0.2) is 22.4 Å². The van der Waals surface area contributed by atoms with Gasteiger partial charge in [0.15, 0.2) is 0 Å². The topological polar surface area (TPSA) is 81.9 Å². The quantitative estimate of drug-likeness (QED) is 0.763. The highest BCUT2D eigenvalue weighted by Crippen LogP contribution is 2.20. The normalized spacial score (nSPS) is 10.0. The molecule has 0 spiro atoms. The van der Waals surface area contributed by atoms with Crippen molar-refractivity contribution in [3.8, 4) is 6.07 Å². The van der Waals surface area contributed by atoms with Crippen molar-refractivity contribution in [3.05, 3.63) is 78.2 Å². The first-order chi connectivity index (χ1) is 12.7. The number of anilines is 3. The molecule has 3 aromatic rings. The van der Waals surface area contributed by atoms with Crippen molar-refractivity contribution in [1.82, 2.24) is 9.97 Å². The van der Waals surface area contributed by atoms with E-state index in [4.69, 9.17) is 0 Å². The summed E-state index contributed by atoms with van der Waals surface area (Å²) in [7, 11) is 0. The molecule has 6 heteroatoms. The van der Waals surface area contributed by atoms with Gasteiger partial charge in [0.05, 0.1) is 11.3 Å². The van der Waals surface area contributed by atoms with Crippen LogP contribution in [-0.2, 0) is 0 Å². The average Bonchev–Trinajstić information content (AvgIpc) is 2.70. The van der Waals surface area contributed by atoms with Gasteiger partial charge in [-0.2, -0.15) is 5.26 Å². The van der Waals surface area contributed by atoms with Gasteiger partial charge in [0.25, 0.3) is 5.91 Å². The number of benzene rings is 2. The van der Waals surface area contributed by atoms with Crippen LogP contribution < -0.4 is 10.2 Å². The molecule has 1 heterocycles. The molecule has 6 nitrogen and oxygen atoms in total. The van der Waals surface area contributed by atoms with Gasteiger partial charge in [-0.1, -0.05) is 30.3 Å². The van der Waals surface area contributed by atoms with Crippen LogP contribution in [0.4, 0.5) is 17.2 Å². The SMILES string of the molecule is CCN(C(=O)c1cc(Nc2ccccc2C#N)ncn1)c1ccccc1. The van der Waals surface area contributed by atoms with Crippen LogP contribution in [0.1, 0.15) is 23.0 Å². The molecule has 0 atom stereocenters.